The van der Waals surface area contributed by atoms with Crippen LogP contribution in [0.2, 0.25) is 0 Å². The third kappa shape index (κ3) is 4.18. The molecule has 0 radical (unpaired) electrons. The van der Waals surface area contributed by atoms with Crippen molar-refractivity contribution in [2.45, 2.75) is 51.3 Å². The number of carbonyl (C=O) groups is 1. The molecule has 3 aromatic heterocycles. The van der Waals surface area contributed by atoms with Crippen LogP contribution in [0.5, 0.6) is 0 Å². The van der Waals surface area contributed by atoms with E-state index in [0.29, 0.717) is 28.5 Å². The van der Waals surface area contributed by atoms with Crippen LogP contribution in [-0.4, -0.2) is 51.4 Å². The molecule has 3 aromatic rings. The fraction of sp³-hybridized carbons (Fsp3) is 0.455. The summed E-state index contributed by atoms with van der Waals surface area (Å²) in [5.41, 5.74) is 1.04. The SMILES string of the molecule is CNc1cc(Nc2cccn(C(C)C)c2=O)nc2c(C(=O)NC3CC[C@@H](OC)C3)cnn12. The smallest absolute Gasteiger partial charge is 0.274 e. The second kappa shape index (κ2) is 8.99. The van der Waals surface area contributed by atoms with Gasteiger partial charge in [-0.2, -0.15) is 9.61 Å². The lowest BCUT2D eigenvalue weighted by atomic mass is 10.2. The highest BCUT2D eigenvalue weighted by Gasteiger charge is 2.27. The number of pyridine rings is 1. The minimum absolute atomic E-state index is 0.0333. The van der Waals surface area contributed by atoms with Gasteiger partial charge in [0.1, 0.15) is 22.9 Å². The molecule has 1 fully saturated rings. The van der Waals surface area contributed by atoms with Crippen molar-refractivity contribution in [1.82, 2.24) is 24.5 Å². The highest BCUT2D eigenvalue weighted by atomic mass is 16.5. The van der Waals surface area contributed by atoms with E-state index < -0.39 is 0 Å². The number of amides is 1. The van der Waals surface area contributed by atoms with Crippen LogP contribution in [-0.2, 0) is 4.74 Å². The highest BCUT2D eigenvalue weighted by molar-refractivity contribution is 6.00. The van der Waals surface area contributed by atoms with E-state index in [2.05, 4.69) is 26.0 Å². The van der Waals surface area contributed by atoms with Crippen molar-refractivity contribution in [3.8, 4) is 0 Å². The van der Waals surface area contributed by atoms with E-state index in [1.54, 1.807) is 41.6 Å². The maximum atomic E-state index is 13.0. The standard InChI is InChI=1S/C22H29N7O3/c1-13(2)28-9-5-6-17(22(28)31)26-18-11-19(23-3)29-20(27-18)16(12-24-29)21(30)25-14-7-8-15(10-14)32-4/h5-6,9,11-15,23H,7-8,10H2,1-4H3,(H,25,30)(H,26,27)/t14?,15-/m1/s1. The number of anilines is 3. The van der Waals surface area contributed by atoms with Crippen molar-refractivity contribution >= 4 is 28.9 Å². The minimum Gasteiger partial charge on any atom is -0.381 e. The molecule has 1 aliphatic carbocycles. The zero-order valence-electron chi connectivity index (χ0n) is 18.8. The van der Waals surface area contributed by atoms with Crippen molar-refractivity contribution < 1.29 is 9.53 Å². The normalized spacial score (nSPS) is 18.3. The molecule has 3 heterocycles. The van der Waals surface area contributed by atoms with Crippen LogP contribution in [0.4, 0.5) is 17.3 Å². The molecule has 32 heavy (non-hydrogen) atoms. The van der Waals surface area contributed by atoms with Crippen LogP contribution in [0.3, 0.4) is 0 Å². The Kier molecular flexibility index (Phi) is 6.13. The Morgan fingerprint density at radius 2 is 2.12 bits per heavy atom. The first-order valence-corrected chi connectivity index (χ1v) is 10.8. The lowest BCUT2D eigenvalue weighted by Crippen LogP contribution is -2.33. The maximum Gasteiger partial charge on any atom is 0.274 e. The van der Waals surface area contributed by atoms with Gasteiger partial charge in [0.05, 0.1) is 12.3 Å². The molecule has 4 rings (SSSR count). The minimum atomic E-state index is -0.227. The number of hydrogen-bond donors (Lipinski definition) is 3. The second-order valence-electron chi connectivity index (χ2n) is 8.26. The fourth-order valence-electron chi connectivity index (χ4n) is 4.06. The van der Waals surface area contributed by atoms with Crippen LogP contribution in [0, 0.1) is 0 Å². The summed E-state index contributed by atoms with van der Waals surface area (Å²) < 4.78 is 8.61. The molecule has 1 unspecified atom stereocenters. The zero-order valence-corrected chi connectivity index (χ0v) is 18.8. The van der Waals surface area contributed by atoms with E-state index in [9.17, 15) is 9.59 Å². The number of fused-ring (bicyclic) bond motifs is 1. The van der Waals surface area contributed by atoms with E-state index >= 15 is 0 Å². The molecule has 1 saturated carbocycles. The van der Waals surface area contributed by atoms with Gasteiger partial charge in [-0.1, -0.05) is 0 Å². The summed E-state index contributed by atoms with van der Waals surface area (Å²) in [5, 5.41) is 13.6. The molecule has 0 aliphatic heterocycles. The zero-order chi connectivity index (χ0) is 22.8. The summed E-state index contributed by atoms with van der Waals surface area (Å²) in [6.45, 7) is 3.90. The van der Waals surface area contributed by atoms with Crippen molar-refractivity contribution in [3.05, 3.63) is 46.5 Å². The van der Waals surface area contributed by atoms with E-state index in [4.69, 9.17) is 4.74 Å². The summed E-state index contributed by atoms with van der Waals surface area (Å²) in [5.74, 6) is 0.850. The molecule has 1 aliphatic rings. The van der Waals surface area contributed by atoms with Gasteiger partial charge in [-0.15, -0.1) is 0 Å². The number of aromatic nitrogens is 4. The van der Waals surface area contributed by atoms with Crippen LogP contribution in [0.1, 0.15) is 49.5 Å². The number of nitrogens with one attached hydrogen (secondary N) is 3. The quantitative estimate of drug-likeness (QED) is 0.518. The lowest BCUT2D eigenvalue weighted by Gasteiger charge is -2.14. The molecule has 0 aromatic carbocycles. The molecule has 3 N–H and O–H groups in total. The highest BCUT2D eigenvalue weighted by Crippen LogP contribution is 2.24. The van der Waals surface area contributed by atoms with E-state index in [0.717, 1.165) is 19.3 Å². The molecular formula is C22H29N7O3. The summed E-state index contributed by atoms with van der Waals surface area (Å²) in [6.07, 6.45) is 6.04. The molecule has 1 amide bonds. The lowest BCUT2D eigenvalue weighted by molar-refractivity contribution is 0.0916. The van der Waals surface area contributed by atoms with Crippen molar-refractivity contribution in [3.63, 3.8) is 0 Å². The van der Waals surface area contributed by atoms with Gasteiger partial charge in [-0.05, 0) is 45.2 Å². The first kappa shape index (κ1) is 21.8. The predicted molar refractivity (Wildman–Crippen MR) is 123 cm³/mol. The summed E-state index contributed by atoms with van der Waals surface area (Å²) in [6, 6.07) is 5.36. The number of rotatable bonds is 7. The van der Waals surface area contributed by atoms with Gasteiger partial charge in [0.15, 0.2) is 5.65 Å². The fourth-order valence-corrected chi connectivity index (χ4v) is 4.06. The molecule has 170 valence electrons. The summed E-state index contributed by atoms with van der Waals surface area (Å²) >= 11 is 0. The maximum absolute atomic E-state index is 13.0. The van der Waals surface area contributed by atoms with Crippen molar-refractivity contribution in [2.75, 3.05) is 24.8 Å². The van der Waals surface area contributed by atoms with Crippen molar-refractivity contribution in [1.29, 1.82) is 0 Å². The monoisotopic (exact) mass is 439 g/mol. The van der Waals surface area contributed by atoms with E-state index in [1.165, 1.54) is 6.20 Å². The molecule has 0 saturated heterocycles. The van der Waals surface area contributed by atoms with Gasteiger partial charge in [0, 0.05) is 38.5 Å². The van der Waals surface area contributed by atoms with Crippen LogP contribution in [0.15, 0.2) is 35.4 Å². The van der Waals surface area contributed by atoms with Gasteiger partial charge >= 0.3 is 0 Å². The summed E-state index contributed by atoms with van der Waals surface area (Å²) in [4.78, 5) is 30.3. The number of carbonyl (C=O) groups excluding carboxylic acids is 1. The van der Waals surface area contributed by atoms with Gasteiger partial charge < -0.3 is 25.3 Å². The first-order valence-electron chi connectivity index (χ1n) is 10.8. The number of methoxy groups -OCH3 is 1. The third-order valence-electron chi connectivity index (χ3n) is 5.82. The number of nitrogens with zero attached hydrogens (tertiary/aromatic N) is 4. The van der Waals surface area contributed by atoms with Crippen LogP contribution >= 0.6 is 0 Å². The Hall–Kier alpha value is -3.40. The van der Waals surface area contributed by atoms with Crippen LogP contribution in [0.25, 0.3) is 5.65 Å². The first-order chi connectivity index (χ1) is 15.4. The largest absolute Gasteiger partial charge is 0.381 e. The van der Waals surface area contributed by atoms with Gasteiger partial charge in [-0.25, -0.2) is 4.98 Å². The topological polar surface area (TPSA) is 115 Å². The molecule has 0 spiro atoms. The van der Waals surface area contributed by atoms with Crippen molar-refractivity contribution in [2.24, 2.45) is 0 Å². The Labute approximate surface area is 186 Å². The Bertz CT molecular complexity index is 1180. The number of hydrogen-bond acceptors (Lipinski definition) is 7. The average Bonchev–Trinajstić information content (AvgIpc) is 3.41. The Balaban J connectivity index is 1.65. The number of ether oxygens (including phenoxy) is 1. The average molecular weight is 440 g/mol. The van der Waals surface area contributed by atoms with Gasteiger partial charge in [-0.3, -0.25) is 9.59 Å². The Morgan fingerprint density at radius 3 is 2.81 bits per heavy atom. The van der Waals surface area contributed by atoms with Gasteiger partial charge in [0.25, 0.3) is 11.5 Å². The molecular weight excluding hydrogens is 410 g/mol. The van der Waals surface area contributed by atoms with E-state index in [1.807, 2.05) is 19.9 Å². The molecule has 10 heteroatoms. The molecule has 2 atom stereocenters. The Morgan fingerprint density at radius 1 is 1.31 bits per heavy atom. The second-order valence-corrected chi connectivity index (χ2v) is 8.26. The molecule has 10 nitrogen and oxygen atoms in total. The third-order valence-corrected chi connectivity index (χ3v) is 5.82. The predicted octanol–water partition coefficient (Wildman–Crippen LogP) is 2.55. The van der Waals surface area contributed by atoms with E-state index in [-0.39, 0.29) is 29.7 Å². The van der Waals surface area contributed by atoms with Gasteiger partial charge in [0.2, 0.25) is 0 Å². The summed E-state index contributed by atoms with van der Waals surface area (Å²) in [7, 11) is 3.46. The molecule has 0 bridgehead atoms. The van der Waals surface area contributed by atoms with Crippen LogP contribution < -0.4 is 21.5 Å².